The van der Waals surface area contributed by atoms with Gasteiger partial charge in [-0.1, -0.05) is 0 Å². The fourth-order valence-corrected chi connectivity index (χ4v) is 2.89. The zero-order chi connectivity index (χ0) is 13.3. The molecule has 7 heteroatoms. The van der Waals surface area contributed by atoms with Crippen LogP contribution in [0.4, 0.5) is 0 Å². The Balaban J connectivity index is 1.71. The number of hydrogen-bond acceptors (Lipinski definition) is 5. The number of nitrogens with zero attached hydrogens (tertiary/aromatic N) is 4. The molecule has 1 fully saturated rings. The van der Waals surface area contributed by atoms with Crippen molar-refractivity contribution >= 4 is 5.97 Å². The molecule has 0 aliphatic carbocycles. The van der Waals surface area contributed by atoms with Gasteiger partial charge in [0.1, 0.15) is 17.6 Å². The van der Waals surface area contributed by atoms with Crippen molar-refractivity contribution in [3.8, 4) is 0 Å². The molecule has 3 rings (SSSR count). The lowest BCUT2D eigenvalue weighted by Crippen LogP contribution is -2.50. The maximum Gasteiger partial charge on any atom is 0.313 e. The standard InChI is InChI=1S/C12H18N4O3/c17-11(18)12(2-1-5-19-8-12)7-15-3-4-16-9-13-14-10(16)6-15/h9H,1-8H2,(H,17,18). The summed E-state index contributed by atoms with van der Waals surface area (Å²) in [5.74, 6) is 0.155. The number of hydrogen-bond donors (Lipinski definition) is 1. The molecule has 0 amide bonds. The second-order valence-electron chi connectivity index (χ2n) is 5.39. The summed E-state index contributed by atoms with van der Waals surface area (Å²) in [6, 6.07) is 0. The average molecular weight is 266 g/mol. The molecule has 104 valence electrons. The Morgan fingerprint density at radius 3 is 3.16 bits per heavy atom. The van der Waals surface area contributed by atoms with Gasteiger partial charge in [0.25, 0.3) is 0 Å². The SMILES string of the molecule is O=C(O)C1(CN2CCn3cnnc3C2)CCCOC1. The van der Waals surface area contributed by atoms with Gasteiger partial charge < -0.3 is 14.4 Å². The number of rotatable bonds is 3. The molecule has 0 spiro atoms. The van der Waals surface area contributed by atoms with Gasteiger partial charge in [-0.25, -0.2) is 0 Å². The normalized spacial score (nSPS) is 28.0. The highest BCUT2D eigenvalue weighted by Crippen LogP contribution is 2.31. The largest absolute Gasteiger partial charge is 0.481 e. The first kappa shape index (κ1) is 12.6. The molecule has 0 bridgehead atoms. The van der Waals surface area contributed by atoms with E-state index in [0.29, 0.717) is 32.7 Å². The number of carboxylic acid groups (broad SMARTS) is 1. The van der Waals surface area contributed by atoms with Gasteiger partial charge in [-0.15, -0.1) is 10.2 Å². The van der Waals surface area contributed by atoms with Crippen molar-refractivity contribution in [2.75, 3.05) is 26.3 Å². The van der Waals surface area contributed by atoms with Gasteiger partial charge in [0.05, 0.1) is 13.2 Å². The van der Waals surface area contributed by atoms with Gasteiger partial charge in [0.2, 0.25) is 0 Å². The highest BCUT2D eigenvalue weighted by Gasteiger charge is 2.42. The molecule has 1 atom stereocenters. The first-order chi connectivity index (χ1) is 9.20. The molecular formula is C12H18N4O3. The van der Waals surface area contributed by atoms with Gasteiger partial charge in [0.15, 0.2) is 0 Å². The van der Waals surface area contributed by atoms with Crippen LogP contribution in [0.2, 0.25) is 0 Å². The van der Waals surface area contributed by atoms with Crippen LogP contribution in [0.15, 0.2) is 6.33 Å². The molecule has 3 heterocycles. The van der Waals surface area contributed by atoms with Gasteiger partial charge in [-0.3, -0.25) is 9.69 Å². The molecule has 1 N–H and O–H groups in total. The molecule has 1 aromatic rings. The van der Waals surface area contributed by atoms with E-state index in [1.165, 1.54) is 0 Å². The highest BCUT2D eigenvalue weighted by molar-refractivity contribution is 5.75. The minimum absolute atomic E-state index is 0.311. The van der Waals surface area contributed by atoms with E-state index in [1.54, 1.807) is 6.33 Å². The fraction of sp³-hybridized carbons (Fsp3) is 0.750. The lowest BCUT2D eigenvalue weighted by Gasteiger charge is -2.38. The Morgan fingerprint density at radius 2 is 2.42 bits per heavy atom. The molecule has 19 heavy (non-hydrogen) atoms. The number of carboxylic acids is 1. The second kappa shape index (κ2) is 4.90. The molecule has 0 aromatic carbocycles. The third kappa shape index (κ3) is 2.35. The first-order valence-corrected chi connectivity index (χ1v) is 6.60. The Morgan fingerprint density at radius 1 is 1.53 bits per heavy atom. The van der Waals surface area contributed by atoms with E-state index in [4.69, 9.17) is 4.74 Å². The van der Waals surface area contributed by atoms with Gasteiger partial charge in [0, 0.05) is 26.2 Å². The van der Waals surface area contributed by atoms with Crippen molar-refractivity contribution in [3.05, 3.63) is 12.2 Å². The van der Waals surface area contributed by atoms with Crippen LogP contribution in [-0.2, 0) is 22.6 Å². The van der Waals surface area contributed by atoms with Crippen LogP contribution >= 0.6 is 0 Å². The number of aromatic nitrogens is 3. The third-order valence-corrected chi connectivity index (χ3v) is 4.02. The minimum Gasteiger partial charge on any atom is -0.481 e. The van der Waals surface area contributed by atoms with E-state index in [0.717, 1.165) is 25.3 Å². The van der Waals surface area contributed by atoms with Crippen LogP contribution in [-0.4, -0.2) is 57.0 Å². The zero-order valence-electron chi connectivity index (χ0n) is 10.8. The molecule has 1 unspecified atom stereocenters. The predicted octanol–water partition coefficient (Wildman–Crippen LogP) is -0.0249. The van der Waals surface area contributed by atoms with Crippen LogP contribution in [0, 0.1) is 5.41 Å². The van der Waals surface area contributed by atoms with Crippen LogP contribution in [0.5, 0.6) is 0 Å². The summed E-state index contributed by atoms with van der Waals surface area (Å²) < 4.78 is 7.42. The maximum atomic E-state index is 11.6. The summed E-state index contributed by atoms with van der Waals surface area (Å²) >= 11 is 0. The lowest BCUT2D eigenvalue weighted by atomic mass is 9.82. The van der Waals surface area contributed by atoms with E-state index in [2.05, 4.69) is 15.1 Å². The van der Waals surface area contributed by atoms with Crippen molar-refractivity contribution in [2.45, 2.75) is 25.9 Å². The van der Waals surface area contributed by atoms with Gasteiger partial charge in [-0.2, -0.15) is 0 Å². The number of fused-ring (bicyclic) bond motifs is 1. The fourth-order valence-electron chi connectivity index (χ4n) is 2.89. The molecule has 1 saturated heterocycles. The van der Waals surface area contributed by atoms with Crippen LogP contribution in [0.1, 0.15) is 18.7 Å². The number of ether oxygens (including phenoxy) is 1. The van der Waals surface area contributed by atoms with Gasteiger partial charge in [-0.05, 0) is 12.8 Å². The molecule has 1 aromatic heterocycles. The summed E-state index contributed by atoms with van der Waals surface area (Å²) in [5, 5.41) is 17.5. The summed E-state index contributed by atoms with van der Waals surface area (Å²) in [4.78, 5) is 13.8. The van der Waals surface area contributed by atoms with Gasteiger partial charge >= 0.3 is 5.97 Å². The van der Waals surface area contributed by atoms with Crippen LogP contribution < -0.4 is 0 Å². The summed E-state index contributed by atoms with van der Waals surface area (Å²) in [6.45, 7) is 3.82. The quantitative estimate of drug-likeness (QED) is 0.828. The molecule has 0 radical (unpaired) electrons. The second-order valence-corrected chi connectivity index (χ2v) is 5.39. The van der Waals surface area contributed by atoms with E-state index in [-0.39, 0.29) is 0 Å². The van der Waals surface area contributed by atoms with Crippen molar-refractivity contribution in [1.82, 2.24) is 19.7 Å². The van der Waals surface area contributed by atoms with E-state index < -0.39 is 11.4 Å². The van der Waals surface area contributed by atoms with E-state index in [1.807, 2.05) is 4.57 Å². The predicted molar refractivity (Wildman–Crippen MR) is 65.4 cm³/mol. The Hall–Kier alpha value is -1.47. The van der Waals surface area contributed by atoms with E-state index in [9.17, 15) is 9.90 Å². The average Bonchev–Trinajstić information content (AvgIpc) is 2.87. The Kier molecular flexibility index (Phi) is 3.24. The molecule has 7 nitrogen and oxygen atoms in total. The van der Waals surface area contributed by atoms with Crippen molar-refractivity contribution < 1.29 is 14.6 Å². The molecule has 2 aliphatic heterocycles. The highest BCUT2D eigenvalue weighted by atomic mass is 16.5. The smallest absolute Gasteiger partial charge is 0.313 e. The van der Waals surface area contributed by atoms with Crippen LogP contribution in [0.25, 0.3) is 0 Å². The van der Waals surface area contributed by atoms with Crippen LogP contribution in [0.3, 0.4) is 0 Å². The zero-order valence-corrected chi connectivity index (χ0v) is 10.8. The van der Waals surface area contributed by atoms with Crippen molar-refractivity contribution in [1.29, 1.82) is 0 Å². The monoisotopic (exact) mass is 266 g/mol. The maximum absolute atomic E-state index is 11.6. The lowest BCUT2D eigenvalue weighted by molar-refractivity contribution is -0.159. The number of aliphatic carboxylic acids is 1. The van der Waals surface area contributed by atoms with Crippen molar-refractivity contribution in [3.63, 3.8) is 0 Å². The molecule has 0 saturated carbocycles. The number of carbonyl (C=O) groups is 1. The van der Waals surface area contributed by atoms with E-state index >= 15 is 0 Å². The molecule has 2 aliphatic rings. The topological polar surface area (TPSA) is 80.5 Å². The summed E-state index contributed by atoms with van der Waals surface area (Å²) in [6.07, 6.45) is 3.23. The first-order valence-electron chi connectivity index (χ1n) is 6.60. The third-order valence-electron chi connectivity index (χ3n) is 4.02. The summed E-state index contributed by atoms with van der Waals surface area (Å²) in [5.41, 5.74) is -0.763. The Bertz CT molecular complexity index is 467. The van der Waals surface area contributed by atoms with Crippen molar-refractivity contribution in [2.24, 2.45) is 5.41 Å². The Labute approximate surface area is 111 Å². The minimum atomic E-state index is -0.763. The summed E-state index contributed by atoms with van der Waals surface area (Å²) in [7, 11) is 0. The molecular weight excluding hydrogens is 248 g/mol.